The van der Waals surface area contributed by atoms with Gasteiger partial charge in [-0.05, 0) is 31.2 Å². The summed E-state index contributed by atoms with van der Waals surface area (Å²) in [4.78, 5) is 19.1. The summed E-state index contributed by atoms with van der Waals surface area (Å²) in [5.74, 6) is 0.125. The molecule has 0 bridgehead atoms. The summed E-state index contributed by atoms with van der Waals surface area (Å²) in [7, 11) is 0. The zero-order chi connectivity index (χ0) is 21.3. The first-order chi connectivity index (χ1) is 14.4. The number of nitrogen functional groups attached to an aromatic ring is 1. The summed E-state index contributed by atoms with van der Waals surface area (Å²) in [6, 6.07) is 6.45. The van der Waals surface area contributed by atoms with Gasteiger partial charge in [-0.3, -0.25) is 9.69 Å². The standard InChI is InChI=1S/C20H27ClFN7O/c1-14-19(21)20(23)25-29(14)17-12-27(16-4-2-15(22)3-5-16)10-11-28(17)13-18(30)26-8-6-24-7-9-26/h2-5,17,24H,6-13H2,1H3,(H2,23,25). The highest BCUT2D eigenvalue weighted by Gasteiger charge is 2.33. The number of piperazine rings is 2. The summed E-state index contributed by atoms with van der Waals surface area (Å²) >= 11 is 6.30. The average molecular weight is 436 g/mol. The van der Waals surface area contributed by atoms with Crippen LogP contribution in [0, 0.1) is 12.7 Å². The number of nitrogens with one attached hydrogen (secondary N) is 1. The second kappa shape index (κ2) is 8.79. The average Bonchev–Trinajstić information content (AvgIpc) is 3.02. The minimum Gasteiger partial charge on any atom is -0.381 e. The molecule has 0 radical (unpaired) electrons. The van der Waals surface area contributed by atoms with Gasteiger partial charge in [0.2, 0.25) is 5.91 Å². The van der Waals surface area contributed by atoms with Gasteiger partial charge in [-0.1, -0.05) is 11.6 Å². The number of carbonyl (C=O) groups excluding carboxylic acids is 1. The first-order valence-corrected chi connectivity index (χ1v) is 10.5. The van der Waals surface area contributed by atoms with E-state index in [-0.39, 0.29) is 23.7 Å². The third kappa shape index (κ3) is 4.23. The Balaban J connectivity index is 1.57. The molecule has 30 heavy (non-hydrogen) atoms. The monoisotopic (exact) mass is 435 g/mol. The number of nitrogens with zero attached hydrogens (tertiary/aromatic N) is 5. The Bertz CT molecular complexity index is 897. The Hall–Kier alpha value is -2.36. The molecule has 2 aliphatic rings. The predicted molar refractivity (Wildman–Crippen MR) is 115 cm³/mol. The van der Waals surface area contributed by atoms with Crippen molar-refractivity contribution in [1.29, 1.82) is 0 Å². The van der Waals surface area contributed by atoms with Gasteiger partial charge in [0.25, 0.3) is 0 Å². The van der Waals surface area contributed by atoms with E-state index in [1.54, 1.807) is 16.8 Å². The second-order valence-corrected chi connectivity index (χ2v) is 8.11. The highest BCUT2D eigenvalue weighted by atomic mass is 35.5. The SMILES string of the molecule is Cc1c(Cl)c(N)nn1C1CN(c2ccc(F)cc2)CCN1CC(=O)N1CCNCC1. The van der Waals surface area contributed by atoms with Crippen molar-refractivity contribution in [3.8, 4) is 0 Å². The third-order valence-corrected chi connectivity index (χ3v) is 6.31. The molecule has 2 saturated heterocycles. The van der Waals surface area contributed by atoms with Crippen LogP contribution in [0.2, 0.25) is 5.02 Å². The second-order valence-electron chi connectivity index (χ2n) is 7.73. The van der Waals surface area contributed by atoms with E-state index >= 15 is 0 Å². The normalized spacial score (nSPS) is 20.6. The molecule has 1 unspecified atom stereocenters. The van der Waals surface area contributed by atoms with Crippen LogP contribution in [0.4, 0.5) is 15.9 Å². The van der Waals surface area contributed by atoms with E-state index in [2.05, 4.69) is 20.2 Å². The predicted octanol–water partition coefficient (Wildman–Crippen LogP) is 1.32. The maximum absolute atomic E-state index is 13.4. The van der Waals surface area contributed by atoms with E-state index in [0.717, 1.165) is 44.1 Å². The zero-order valence-corrected chi connectivity index (χ0v) is 17.8. The van der Waals surface area contributed by atoms with Crippen molar-refractivity contribution in [2.75, 3.05) is 63.0 Å². The van der Waals surface area contributed by atoms with E-state index in [9.17, 15) is 9.18 Å². The number of hydrogen-bond acceptors (Lipinski definition) is 6. The number of halogens is 2. The molecule has 1 aromatic carbocycles. The van der Waals surface area contributed by atoms with Crippen LogP contribution in [0.1, 0.15) is 11.9 Å². The van der Waals surface area contributed by atoms with Crippen LogP contribution in [-0.2, 0) is 4.79 Å². The number of amides is 1. The number of anilines is 2. The zero-order valence-electron chi connectivity index (χ0n) is 17.0. The lowest BCUT2D eigenvalue weighted by molar-refractivity contribution is -0.134. The van der Waals surface area contributed by atoms with Gasteiger partial charge in [0.1, 0.15) is 17.0 Å². The summed E-state index contributed by atoms with van der Waals surface area (Å²) in [5.41, 5.74) is 7.65. The first kappa shape index (κ1) is 20.9. The number of carbonyl (C=O) groups is 1. The minimum absolute atomic E-state index is 0.112. The van der Waals surface area contributed by atoms with Gasteiger partial charge in [0.05, 0.1) is 18.8 Å². The number of aromatic nitrogens is 2. The topological polar surface area (TPSA) is 82.7 Å². The van der Waals surface area contributed by atoms with Gasteiger partial charge in [-0.2, -0.15) is 5.10 Å². The molecular formula is C20H27ClFN7O. The summed E-state index contributed by atoms with van der Waals surface area (Å²) in [5, 5.41) is 8.15. The lowest BCUT2D eigenvalue weighted by Gasteiger charge is -2.43. The number of benzene rings is 1. The molecule has 2 aromatic rings. The molecule has 1 amide bonds. The molecular weight excluding hydrogens is 409 g/mol. The van der Waals surface area contributed by atoms with Crippen molar-refractivity contribution in [3.05, 3.63) is 40.8 Å². The van der Waals surface area contributed by atoms with Gasteiger partial charge in [0, 0.05) is 45.0 Å². The van der Waals surface area contributed by atoms with Gasteiger partial charge in [-0.15, -0.1) is 0 Å². The molecule has 4 rings (SSSR count). The smallest absolute Gasteiger partial charge is 0.236 e. The molecule has 3 N–H and O–H groups in total. The van der Waals surface area contributed by atoms with Gasteiger partial charge < -0.3 is 20.9 Å². The van der Waals surface area contributed by atoms with E-state index < -0.39 is 0 Å². The molecule has 3 heterocycles. The van der Waals surface area contributed by atoms with E-state index in [4.69, 9.17) is 17.3 Å². The summed E-state index contributed by atoms with van der Waals surface area (Å²) in [6.07, 6.45) is -0.217. The van der Waals surface area contributed by atoms with E-state index in [0.29, 0.717) is 24.7 Å². The number of hydrogen-bond donors (Lipinski definition) is 2. The van der Waals surface area contributed by atoms with Crippen LogP contribution in [0.3, 0.4) is 0 Å². The van der Waals surface area contributed by atoms with Gasteiger partial charge in [-0.25, -0.2) is 9.07 Å². The van der Waals surface area contributed by atoms with Crippen molar-refractivity contribution in [1.82, 2.24) is 24.9 Å². The fraction of sp³-hybridized carbons (Fsp3) is 0.500. The molecule has 0 spiro atoms. The summed E-state index contributed by atoms with van der Waals surface area (Å²) < 4.78 is 15.2. The maximum Gasteiger partial charge on any atom is 0.236 e. The van der Waals surface area contributed by atoms with Crippen LogP contribution < -0.4 is 16.0 Å². The van der Waals surface area contributed by atoms with Gasteiger partial charge >= 0.3 is 0 Å². The molecule has 2 aliphatic heterocycles. The highest BCUT2D eigenvalue weighted by Crippen LogP contribution is 2.30. The van der Waals surface area contributed by atoms with Gasteiger partial charge in [0.15, 0.2) is 5.82 Å². The number of rotatable bonds is 4. The highest BCUT2D eigenvalue weighted by molar-refractivity contribution is 6.33. The van der Waals surface area contributed by atoms with Crippen LogP contribution in [-0.4, -0.2) is 77.8 Å². The Kier molecular flexibility index (Phi) is 6.12. The quantitative estimate of drug-likeness (QED) is 0.753. The summed E-state index contributed by atoms with van der Waals surface area (Å²) in [6.45, 7) is 7.22. The first-order valence-electron chi connectivity index (χ1n) is 10.2. The molecule has 10 heteroatoms. The molecule has 162 valence electrons. The van der Waals surface area contributed by atoms with E-state index in [1.807, 2.05) is 11.8 Å². The molecule has 0 aliphatic carbocycles. The lowest BCUT2D eigenvalue weighted by atomic mass is 10.2. The Morgan fingerprint density at radius 2 is 1.93 bits per heavy atom. The van der Waals surface area contributed by atoms with E-state index in [1.165, 1.54) is 12.1 Å². The number of nitrogens with two attached hydrogens (primary N) is 1. The largest absolute Gasteiger partial charge is 0.381 e. The van der Waals surface area contributed by atoms with Crippen LogP contribution in [0.5, 0.6) is 0 Å². The molecule has 0 saturated carbocycles. The Morgan fingerprint density at radius 3 is 2.57 bits per heavy atom. The van der Waals surface area contributed by atoms with Crippen LogP contribution in [0.15, 0.2) is 24.3 Å². The van der Waals surface area contributed by atoms with Crippen molar-refractivity contribution in [3.63, 3.8) is 0 Å². The lowest BCUT2D eigenvalue weighted by Crippen LogP contribution is -2.55. The molecule has 1 atom stereocenters. The molecule has 2 fully saturated rings. The maximum atomic E-state index is 13.4. The molecule has 1 aromatic heterocycles. The van der Waals surface area contributed by atoms with Crippen molar-refractivity contribution >= 4 is 29.0 Å². The van der Waals surface area contributed by atoms with Crippen molar-refractivity contribution in [2.24, 2.45) is 0 Å². The van der Waals surface area contributed by atoms with Crippen LogP contribution >= 0.6 is 11.6 Å². The van der Waals surface area contributed by atoms with Crippen molar-refractivity contribution in [2.45, 2.75) is 13.1 Å². The van der Waals surface area contributed by atoms with Crippen LogP contribution in [0.25, 0.3) is 0 Å². The minimum atomic E-state index is -0.266. The Morgan fingerprint density at radius 1 is 1.23 bits per heavy atom. The third-order valence-electron chi connectivity index (χ3n) is 5.85. The molecule has 8 nitrogen and oxygen atoms in total. The fourth-order valence-corrected chi connectivity index (χ4v) is 4.23. The van der Waals surface area contributed by atoms with Crippen molar-refractivity contribution < 1.29 is 9.18 Å². The Labute approximate surface area is 180 Å². The fourth-order valence-electron chi connectivity index (χ4n) is 4.10.